The lowest BCUT2D eigenvalue weighted by Gasteiger charge is -2.07. The zero-order valence-corrected chi connectivity index (χ0v) is 11.9. The minimum absolute atomic E-state index is 0.0566. The zero-order valence-electron chi connectivity index (χ0n) is 10.4. The number of rotatable bonds is 3. The van der Waals surface area contributed by atoms with Gasteiger partial charge in [0, 0.05) is 12.3 Å². The molecule has 1 aromatic carbocycles. The number of halogens is 3. The second-order valence-electron chi connectivity index (χ2n) is 4.32. The summed E-state index contributed by atoms with van der Waals surface area (Å²) < 4.78 is 15.5. The predicted molar refractivity (Wildman–Crippen MR) is 77.6 cm³/mol. The molecule has 0 saturated carbocycles. The lowest BCUT2D eigenvalue weighted by molar-refractivity contribution is 0.628. The lowest BCUT2D eigenvalue weighted by atomic mass is 10.3. The van der Waals surface area contributed by atoms with Crippen LogP contribution in [0.15, 0.2) is 36.5 Å². The molecule has 0 spiro atoms. The summed E-state index contributed by atoms with van der Waals surface area (Å²) in [5, 5.41) is 0.0566. The first-order valence-electron chi connectivity index (χ1n) is 5.99. The van der Waals surface area contributed by atoms with Gasteiger partial charge in [-0.3, -0.25) is 4.98 Å². The number of pyridine rings is 1. The summed E-state index contributed by atoms with van der Waals surface area (Å²) in [7, 11) is 0. The third kappa shape index (κ3) is 2.37. The molecule has 3 aromatic rings. The molecule has 0 aliphatic rings. The van der Waals surface area contributed by atoms with E-state index in [0.29, 0.717) is 23.4 Å². The maximum atomic E-state index is 13.7. The van der Waals surface area contributed by atoms with E-state index in [4.69, 9.17) is 23.2 Å². The highest BCUT2D eigenvalue weighted by Gasteiger charge is 2.13. The molecular weight excluding hydrogens is 300 g/mol. The number of hydrogen-bond donors (Lipinski definition) is 0. The van der Waals surface area contributed by atoms with E-state index in [1.54, 1.807) is 6.20 Å². The van der Waals surface area contributed by atoms with Gasteiger partial charge in [-0.05, 0) is 18.2 Å². The van der Waals surface area contributed by atoms with Crippen LogP contribution in [0.2, 0.25) is 5.02 Å². The Hall–Kier alpha value is -1.65. The van der Waals surface area contributed by atoms with Crippen molar-refractivity contribution in [1.82, 2.24) is 14.5 Å². The van der Waals surface area contributed by atoms with Crippen molar-refractivity contribution in [2.45, 2.75) is 12.4 Å². The van der Waals surface area contributed by atoms with Crippen LogP contribution in [0.1, 0.15) is 11.5 Å². The summed E-state index contributed by atoms with van der Waals surface area (Å²) >= 11 is 11.7. The number of hydrogen-bond acceptors (Lipinski definition) is 2. The highest BCUT2D eigenvalue weighted by molar-refractivity contribution is 6.31. The maximum Gasteiger partial charge on any atom is 0.144 e. The fourth-order valence-corrected chi connectivity index (χ4v) is 2.46. The Morgan fingerprint density at radius 3 is 2.80 bits per heavy atom. The number of alkyl halides is 1. The molecule has 6 heteroatoms. The molecule has 3 nitrogen and oxygen atoms in total. The van der Waals surface area contributed by atoms with Gasteiger partial charge in [0.2, 0.25) is 0 Å². The van der Waals surface area contributed by atoms with Crippen LogP contribution in [0.3, 0.4) is 0 Å². The average molecular weight is 310 g/mol. The SMILES string of the molecule is Fc1cc2c(cc1Cl)nc(CCl)n2Cc1ccccn1. The second kappa shape index (κ2) is 5.38. The number of benzene rings is 1. The summed E-state index contributed by atoms with van der Waals surface area (Å²) in [5.41, 5.74) is 2.14. The smallest absolute Gasteiger partial charge is 0.144 e. The van der Waals surface area contributed by atoms with Crippen LogP contribution in [0, 0.1) is 5.82 Å². The molecule has 2 aromatic heterocycles. The van der Waals surface area contributed by atoms with Crippen molar-refractivity contribution in [3.05, 3.63) is 58.9 Å². The van der Waals surface area contributed by atoms with E-state index in [2.05, 4.69) is 9.97 Å². The van der Waals surface area contributed by atoms with Crippen LogP contribution in [-0.2, 0) is 12.4 Å². The first-order chi connectivity index (χ1) is 9.69. The Kier molecular flexibility index (Phi) is 3.59. The van der Waals surface area contributed by atoms with Crippen molar-refractivity contribution in [3.63, 3.8) is 0 Å². The van der Waals surface area contributed by atoms with Crippen molar-refractivity contribution >= 4 is 34.2 Å². The lowest BCUT2D eigenvalue weighted by Crippen LogP contribution is -2.05. The van der Waals surface area contributed by atoms with E-state index in [-0.39, 0.29) is 10.9 Å². The molecule has 20 heavy (non-hydrogen) atoms. The molecule has 0 amide bonds. The Labute approximate surface area is 125 Å². The third-order valence-corrected chi connectivity index (χ3v) is 3.56. The fourth-order valence-electron chi connectivity index (χ4n) is 2.10. The molecule has 102 valence electrons. The Balaban J connectivity index is 2.15. The largest absolute Gasteiger partial charge is 0.321 e. The topological polar surface area (TPSA) is 30.7 Å². The van der Waals surface area contributed by atoms with Crippen molar-refractivity contribution in [2.75, 3.05) is 0 Å². The van der Waals surface area contributed by atoms with Crippen LogP contribution in [-0.4, -0.2) is 14.5 Å². The summed E-state index contributed by atoms with van der Waals surface area (Å²) in [5.74, 6) is 0.428. The van der Waals surface area contributed by atoms with Gasteiger partial charge in [-0.1, -0.05) is 17.7 Å². The van der Waals surface area contributed by atoms with Crippen LogP contribution < -0.4 is 0 Å². The molecule has 0 aliphatic carbocycles. The first-order valence-corrected chi connectivity index (χ1v) is 6.90. The third-order valence-electron chi connectivity index (χ3n) is 3.04. The number of imidazole rings is 1. The molecule has 0 atom stereocenters. The normalized spacial score (nSPS) is 11.2. The van der Waals surface area contributed by atoms with E-state index in [0.717, 1.165) is 5.69 Å². The summed E-state index contributed by atoms with van der Waals surface area (Å²) in [6, 6.07) is 8.54. The first kappa shape index (κ1) is 13.3. The van der Waals surface area contributed by atoms with Crippen LogP contribution in [0.4, 0.5) is 4.39 Å². The van der Waals surface area contributed by atoms with Gasteiger partial charge in [0.05, 0.1) is 34.2 Å². The van der Waals surface area contributed by atoms with Gasteiger partial charge in [-0.15, -0.1) is 11.6 Å². The summed E-state index contributed by atoms with van der Waals surface area (Å²) in [4.78, 5) is 8.65. The summed E-state index contributed by atoms with van der Waals surface area (Å²) in [6.07, 6.45) is 1.71. The molecule has 0 fully saturated rings. The molecular formula is C14H10Cl2FN3. The molecule has 0 N–H and O–H groups in total. The fraction of sp³-hybridized carbons (Fsp3) is 0.143. The highest BCUT2D eigenvalue weighted by atomic mass is 35.5. The van der Waals surface area contributed by atoms with Gasteiger partial charge < -0.3 is 4.57 Å². The number of aromatic nitrogens is 3. The molecule has 0 radical (unpaired) electrons. The Morgan fingerprint density at radius 2 is 2.10 bits per heavy atom. The standard InChI is InChI=1S/C14H10Cl2FN3/c15-7-14-19-12-5-10(16)11(17)6-13(12)20(14)8-9-3-1-2-4-18-9/h1-6H,7-8H2. The second-order valence-corrected chi connectivity index (χ2v) is 5.00. The molecule has 0 bridgehead atoms. The van der Waals surface area contributed by atoms with Gasteiger partial charge in [0.1, 0.15) is 11.6 Å². The van der Waals surface area contributed by atoms with Crippen molar-refractivity contribution < 1.29 is 4.39 Å². The van der Waals surface area contributed by atoms with Gasteiger partial charge in [-0.25, -0.2) is 9.37 Å². The van der Waals surface area contributed by atoms with Gasteiger partial charge in [-0.2, -0.15) is 0 Å². The molecule has 0 aliphatic heterocycles. The monoisotopic (exact) mass is 309 g/mol. The van der Waals surface area contributed by atoms with Gasteiger partial charge in [0.25, 0.3) is 0 Å². The van der Waals surface area contributed by atoms with E-state index in [9.17, 15) is 4.39 Å². The van der Waals surface area contributed by atoms with E-state index in [1.165, 1.54) is 12.1 Å². The van der Waals surface area contributed by atoms with Crippen molar-refractivity contribution in [1.29, 1.82) is 0 Å². The Morgan fingerprint density at radius 1 is 1.25 bits per heavy atom. The van der Waals surface area contributed by atoms with Gasteiger partial charge in [0.15, 0.2) is 0 Å². The summed E-state index contributed by atoms with van der Waals surface area (Å²) in [6.45, 7) is 0.487. The predicted octanol–water partition coefficient (Wildman–Crippen LogP) is 4.01. The van der Waals surface area contributed by atoms with Gasteiger partial charge >= 0.3 is 0 Å². The zero-order chi connectivity index (χ0) is 14.1. The van der Waals surface area contributed by atoms with Crippen LogP contribution >= 0.6 is 23.2 Å². The molecule has 3 rings (SSSR count). The molecule has 2 heterocycles. The van der Waals surface area contributed by atoms with E-state index < -0.39 is 5.82 Å². The minimum Gasteiger partial charge on any atom is -0.321 e. The van der Waals surface area contributed by atoms with Crippen molar-refractivity contribution in [2.24, 2.45) is 0 Å². The minimum atomic E-state index is -0.470. The van der Waals surface area contributed by atoms with Crippen molar-refractivity contribution in [3.8, 4) is 0 Å². The van der Waals surface area contributed by atoms with E-state index >= 15 is 0 Å². The average Bonchev–Trinajstić information content (AvgIpc) is 2.78. The molecule has 0 saturated heterocycles. The van der Waals surface area contributed by atoms with Crippen LogP contribution in [0.5, 0.6) is 0 Å². The maximum absolute atomic E-state index is 13.7. The highest BCUT2D eigenvalue weighted by Crippen LogP contribution is 2.25. The quantitative estimate of drug-likeness (QED) is 0.684. The van der Waals surface area contributed by atoms with E-state index in [1.807, 2.05) is 22.8 Å². The number of nitrogens with zero attached hydrogens (tertiary/aromatic N) is 3. The number of fused-ring (bicyclic) bond motifs is 1. The Bertz CT molecular complexity index is 756. The molecule has 0 unspecified atom stereocenters. The van der Waals surface area contributed by atoms with Crippen LogP contribution in [0.25, 0.3) is 11.0 Å².